The Bertz CT molecular complexity index is 978. The smallest absolute Gasteiger partial charge is 0.429 e. The molecule has 0 radical (unpaired) electrons. The van der Waals surface area contributed by atoms with E-state index in [1.54, 1.807) is 0 Å². The first-order valence-electron chi connectivity index (χ1n) is 11.5. The average Bonchev–Trinajstić information content (AvgIpc) is 2.71. The van der Waals surface area contributed by atoms with Crippen molar-refractivity contribution in [2.24, 2.45) is 5.92 Å². The fourth-order valence-electron chi connectivity index (χ4n) is 4.65. The molecule has 0 N–H and O–H groups in total. The summed E-state index contributed by atoms with van der Waals surface area (Å²) in [4.78, 5) is 0. The van der Waals surface area contributed by atoms with Crippen LogP contribution < -0.4 is 4.74 Å². The molecule has 0 bridgehead atoms. The largest absolute Gasteiger partial charge is 0.432 e. The summed E-state index contributed by atoms with van der Waals surface area (Å²) < 4.78 is 128. The first-order valence-corrected chi connectivity index (χ1v) is 11.5. The zero-order chi connectivity index (χ0) is 26.0. The molecule has 0 aliphatic heterocycles. The van der Waals surface area contributed by atoms with Crippen LogP contribution in [0.15, 0.2) is 24.3 Å². The second-order valence-electron chi connectivity index (χ2n) is 8.95. The van der Waals surface area contributed by atoms with Gasteiger partial charge < -0.3 is 4.74 Å². The van der Waals surface area contributed by atoms with Gasteiger partial charge in [0.2, 0.25) is 0 Å². The lowest BCUT2D eigenvalue weighted by atomic mass is 9.77. The van der Waals surface area contributed by atoms with Crippen molar-refractivity contribution >= 4 is 0 Å². The summed E-state index contributed by atoms with van der Waals surface area (Å²) in [5.41, 5.74) is -3.87. The maximum atomic E-state index is 14.6. The minimum atomic E-state index is -5.42. The van der Waals surface area contributed by atoms with Crippen LogP contribution in [0.2, 0.25) is 0 Å². The highest BCUT2D eigenvalue weighted by Crippen LogP contribution is 2.42. The molecule has 1 fully saturated rings. The zero-order valence-electron chi connectivity index (χ0n) is 18.9. The van der Waals surface area contributed by atoms with Gasteiger partial charge in [0.05, 0.1) is 0 Å². The molecule has 2 aromatic rings. The van der Waals surface area contributed by atoms with Crippen LogP contribution >= 0.6 is 0 Å². The topological polar surface area (TPSA) is 9.23 Å². The van der Waals surface area contributed by atoms with E-state index in [0.717, 1.165) is 50.7 Å². The highest BCUT2D eigenvalue weighted by Gasteiger charge is 2.43. The molecule has 0 aromatic heterocycles. The van der Waals surface area contributed by atoms with Gasteiger partial charge in [0, 0.05) is 12.1 Å². The molecular weight excluding hydrogens is 487 g/mol. The van der Waals surface area contributed by atoms with Crippen LogP contribution in [0.1, 0.15) is 80.9 Å². The van der Waals surface area contributed by atoms with Gasteiger partial charge in [-0.1, -0.05) is 32.6 Å². The Morgan fingerprint density at radius 1 is 0.743 bits per heavy atom. The predicted molar refractivity (Wildman–Crippen MR) is 111 cm³/mol. The van der Waals surface area contributed by atoms with E-state index in [2.05, 4.69) is 11.7 Å². The average molecular weight is 512 g/mol. The molecule has 0 atom stereocenters. The molecular formula is C25H25F9O. The Hall–Kier alpha value is -2.39. The lowest BCUT2D eigenvalue weighted by Crippen LogP contribution is -2.26. The fraction of sp³-hybridized carbons (Fsp3) is 0.520. The molecule has 0 spiro atoms. The maximum absolute atomic E-state index is 14.6. The van der Waals surface area contributed by atoms with Gasteiger partial charge in [-0.25, -0.2) is 17.6 Å². The second-order valence-corrected chi connectivity index (χ2v) is 8.95. The van der Waals surface area contributed by atoms with Crippen LogP contribution in [-0.2, 0) is 12.3 Å². The molecule has 1 saturated carbocycles. The van der Waals surface area contributed by atoms with Gasteiger partial charge in [0.25, 0.3) is 0 Å². The Labute approximate surface area is 197 Å². The molecule has 194 valence electrons. The lowest BCUT2D eigenvalue weighted by molar-refractivity contribution is -0.189. The SMILES string of the molecule is CCCCCC1CCC(c2cc(F)c(C(F)(F)Oc3cc(F)c(C(F)(F)F)c(F)c3)c(F)c2)CC1. The Kier molecular flexibility index (Phi) is 8.32. The molecule has 0 unspecified atom stereocenters. The van der Waals surface area contributed by atoms with Crippen molar-refractivity contribution in [1.29, 1.82) is 0 Å². The lowest BCUT2D eigenvalue weighted by Gasteiger charge is -2.29. The third kappa shape index (κ3) is 6.44. The quantitative estimate of drug-likeness (QED) is 0.253. The number of unbranched alkanes of at least 4 members (excludes halogenated alkanes) is 2. The van der Waals surface area contributed by atoms with Gasteiger partial charge in [0.1, 0.15) is 40.1 Å². The minimum Gasteiger partial charge on any atom is -0.429 e. The van der Waals surface area contributed by atoms with Crippen LogP contribution in [0.4, 0.5) is 39.5 Å². The van der Waals surface area contributed by atoms with Crippen LogP contribution in [0.5, 0.6) is 5.75 Å². The molecule has 0 heterocycles. The van der Waals surface area contributed by atoms with Crippen molar-refractivity contribution in [3.05, 3.63) is 64.2 Å². The van der Waals surface area contributed by atoms with Gasteiger partial charge in [0.15, 0.2) is 0 Å². The molecule has 0 saturated heterocycles. The summed E-state index contributed by atoms with van der Waals surface area (Å²) in [6.45, 7) is 2.11. The standard InChI is InChI=1S/C25H25F9O/c1-2-3-4-5-14-6-8-15(9-7-14)16-10-18(26)23(19(27)11-16)25(33,34)35-17-12-20(28)22(21(29)13-17)24(30,31)32/h10-15H,2-9H2,1H3. The van der Waals surface area contributed by atoms with E-state index in [0.29, 0.717) is 18.8 Å². The van der Waals surface area contributed by atoms with Gasteiger partial charge in [-0.15, -0.1) is 0 Å². The van der Waals surface area contributed by atoms with Gasteiger partial charge in [-0.2, -0.15) is 22.0 Å². The summed E-state index contributed by atoms with van der Waals surface area (Å²) in [7, 11) is 0. The molecule has 35 heavy (non-hydrogen) atoms. The molecule has 10 heteroatoms. The molecule has 1 nitrogen and oxygen atoms in total. The van der Waals surface area contributed by atoms with Gasteiger partial charge in [-0.3, -0.25) is 0 Å². The van der Waals surface area contributed by atoms with E-state index in [-0.39, 0.29) is 23.6 Å². The zero-order valence-corrected chi connectivity index (χ0v) is 18.9. The molecule has 2 aromatic carbocycles. The van der Waals surface area contributed by atoms with E-state index in [1.165, 1.54) is 0 Å². The Morgan fingerprint density at radius 2 is 1.26 bits per heavy atom. The van der Waals surface area contributed by atoms with Crippen molar-refractivity contribution in [2.75, 3.05) is 0 Å². The van der Waals surface area contributed by atoms with Crippen molar-refractivity contribution in [1.82, 2.24) is 0 Å². The third-order valence-corrected chi connectivity index (χ3v) is 6.43. The number of benzene rings is 2. The highest BCUT2D eigenvalue weighted by atomic mass is 19.4. The van der Waals surface area contributed by atoms with Gasteiger partial charge in [-0.05, 0) is 55.2 Å². The second kappa shape index (κ2) is 10.7. The van der Waals surface area contributed by atoms with Crippen molar-refractivity contribution < 1.29 is 44.3 Å². The summed E-state index contributed by atoms with van der Waals surface area (Å²) >= 11 is 0. The van der Waals surface area contributed by atoms with Crippen molar-refractivity contribution in [3.8, 4) is 5.75 Å². The van der Waals surface area contributed by atoms with E-state index >= 15 is 0 Å². The minimum absolute atomic E-state index is 0.122. The number of ether oxygens (including phenoxy) is 1. The van der Waals surface area contributed by atoms with Crippen LogP contribution in [-0.4, -0.2) is 0 Å². The van der Waals surface area contributed by atoms with E-state index in [4.69, 9.17) is 0 Å². The number of halogens is 9. The Morgan fingerprint density at radius 3 is 1.74 bits per heavy atom. The number of alkyl halides is 5. The van der Waals surface area contributed by atoms with E-state index in [9.17, 15) is 39.5 Å². The van der Waals surface area contributed by atoms with Crippen LogP contribution in [0, 0.1) is 29.2 Å². The molecule has 0 amide bonds. The molecule has 3 rings (SSSR count). The van der Waals surface area contributed by atoms with Gasteiger partial charge >= 0.3 is 12.3 Å². The predicted octanol–water partition coefficient (Wildman–Crippen LogP) is 9.24. The Balaban J connectivity index is 1.77. The molecule has 1 aliphatic rings. The van der Waals surface area contributed by atoms with Crippen LogP contribution in [0.25, 0.3) is 0 Å². The first kappa shape index (κ1) is 27.2. The highest BCUT2D eigenvalue weighted by molar-refractivity contribution is 5.35. The summed E-state index contributed by atoms with van der Waals surface area (Å²) in [5.74, 6) is -8.69. The van der Waals surface area contributed by atoms with E-state index < -0.39 is 52.4 Å². The molecule has 1 aliphatic carbocycles. The summed E-state index contributed by atoms with van der Waals surface area (Å²) in [6.07, 6.45) is -2.68. The number of hydrogen-bond acceptors (Lipinski definition) is 1. The third-order valence-electron chi connectivity index (χ3n) is 6.43. The van der Waals surface area contributed by atoms with Crippen LogP contribution in [0.3, 0.4) is 0 Å². The normalized spacial score (nSPS) is 19.1. The van der Waals surface area contributed by atoms with Crippen molar-refractivity contribution in [2.45, 2.75) is 76.5 Å². The monoisotopic (exact) mass is 512 g/mol. The van der Waals surface area contributed by atoms with Crippen molar-refractivity contribution in [3.63, 3.8) is 0 Å². The fourth-order valence-corrected chi connectivity index (χ4v) is 4.65. The summed E-state index contributed by atoms with van der Waals surface area (Å²) in [5, 5.41) is 0. The maximum Gasteiger partial charge on any atom is 0.432 e. The van der Waals surface area contributed by atoms with E-state index in [1.807, 2.05) is 0 Å². The number of hydrogen-bond donors (Lipinski definition) is 0. The number of rotatable bonds is 8. The first-order chi connectivity index (χ1) is 16.3. The summed E-state index contributed by atoms with van der Waals surface area (Å²) in [6, 6.07) is 1.32.